The first-order valence-electron chi connectivity index (χ1n) is 18.4. The standard InChI is InChI=1S/C41H50N6O6.3H2S/c1-25(2)35(45-39(50)52-6)38(49)47-19-9-13-34(47)36-42-24-33(44-36)30-17-16-28-20-27(14-15-29(28)21-30)26-10-7-11-31(22-26)37(48)43-23-32-12-8-18-46(32)40(51)53-41(3,4)5;;;/h7,10-11,14-17,20-22,24-25,32,34-35H,8-9,12-13,18-19,23H2,1-6H3,(H,42,44)(H,43,48)(H,45,50);3*1H2/t32-,34-,35-;;;/m0.../s1. The fourth-order valence-corrected chi connectivity index (χ4v) is 7.20. The molecule has 2 aliphatic rings. The van der Waals surface area contributed by atoms with Crippen LogP contribution >= 0.6 is 40.5 Å². The molecule has 6 rings (SSSR count). The summed E-state index contributed by atoms with van der Waals surface area (Å²) in [6.45, 7) is 10.9. The highest BCUT2D eigenvalue weighted by Gasteiger charge is 2.37. The topological polar surface area (TPSA) is 146 Å². The number of aromatic amines is 1. The number of carbonyl (C=O) groups is 4. The van der Waals surface area contributed by atoms with Crippen LogP contribution in [0.5, 0.6) is 0 Å². The molecule has 2 saturated heterocycles. The molecule has 0 aliphatic carbocycles. The van der Waals surface area contributed by atoms with Gasteiger partial charge in [-0.15, -0.1) is 0 Å². The third kappa shape index (κ3) is 10.7. The van der Waals surface area contributed by atoms with Crippen LogP contribution in [0.1, 0.15) is 82.5 Å². The van der Waals surface area contributed by atoms with Crippen molar-refractivity contribution < 1.29 is 28.7 Å². The lowest BCUT2D eigenvalue weighted by Crippen LogP contribution is -2.51. The van der Waals surface area contributed by atoms with E-state index in [1.54, 1.807) is 22.1 Å². The molecule has 15 heteroatoms. The van der Waals surface area contributed by atoms with Gasteiger partial charge < -0.3 is 34.9 Å². The number of carbonyl (C=O) groups excluding carboxylic acids is 4. The minimum atomic E-state index is -0.692. The summed E-state index contributed by atoms with van der Waals surface area (Å²) in [6.07, 6.45) is 4.14. The van der Waals surface area contributed by atoms with Gasteiger partial charge in [-0.3, -0.25) is 9.59 Å². The van der Waals surface area contributed by atoms with Crippen molar-refractivity contribution in [3.8, 4) is 22.4 Å². The molecule has 3 heterocycles. The molecule has 0 unspecified atom stereocenters. The number of benzene rings is 3. The Morgan fingerprint density at radius 1 is 0.875 bits per heavy atom. The van der Waals surface area contributed by atoms with Crippen LogP contribution in [0.15, 0.2) is 66.9 Å². The minimum absolute atomic E-state index is 0. The first kappa shape index (κ1) is 46.0. The number of alkyl carbamates (subject to hydrolysis) is 1. The molecular weight excluding hydrogens is 769 g/mol. The minimum Gasteiger partial charge on any atom is -0.453 e. The molecule has 0 bridgehead atoms. The summed E-state index contributed by atoms with van der Waals surface area (Å²) in [5.41, 5.74) is 3.72. The third-order valence-corrected chi connectivity index (χ3v) is 9.95. The first-order valence-corrected chi connectivity index (χ1v) is 18.4. The highest BCUT2D eigenvalue weighted by Crippen LogP contribution is 2.34. The van der Waals surface area contributed by atoms with Gasteiger partial charge in [-0.05, 0) is 98.5 Å². The molecule has 1 aromatic heterocycles. The number of hydrogen-bond donors (Lipinski definition) is 3. The average molecular weight is 825 g/mol. The van der Waals surface area contributed by atoms with E-state index in [1.165, 1.54) is 7.11 Å². The smallest absolute Gasteiger partial charge is 0.410 e. The van der Waals surface area contributed by atoms with Gasteiger partial charge in [0.05, 0.1) is 31.1 Å². The molecule has 3 aromatic carbocycles. The molecule has 3 N–H and O–H groups in total. The van der Waals surface area contributed by atoms with Crippen LogP contribution in [0.2, 0.25) is 0 Å². The number of methoxy groups -OCH3 is 1. The molecule has 0 saturated carbocycles. The number of likely N-dealkylation sites (tertiary alicyclic amines) is 2. The Labute approximate surface area is 350 Å². The Hall–Kier alpha value is -4.34. The van der Waals surface area contributed by atoms with Crippen molar-refractivity contribution in [1.82, 2.24) is 30.4 Å². The summed E-state index contributed by atoms with van der Waals surface area (Å²) >= 11 is 0. The van der Waals surface area contributed by atoms with Crippen molar-refractivity contribution >= 4 is 75.3 Å². The maximum atomic E-state index is 13.6. The largest absolute Gasteiger partial charge is 0.453 e. The van der Waals surface area contributed by atoms with Crippen molar-refractivity contribution in [3.05, 3.63) is 78.2 Å². The highest BCUT2D eigenvalue weighted by molar-refractivity contribution is 7.59. The number of nitrogens with zero attached hydrogens (tertiary/aromatic N) is 3. The second-order valence-corrected chi connectivity index (χ2v) is 15.3. The van der Waals surface area contributed by atoms with E-state index in [4.69, 9.17) is 9.47 Å². The second kappa shape index (κ2) is 19.7. The highest BCUT2D eigenvalue weighted by atomic mass is 32.1. The van der Waals surface area contributed by atoms with E-state index in [2.05, 4.69) is 44.9 Å². The van der Waals surface area contributed by atoms with E-state index in [-0.39, 0.29) is 76.4 Å². The molecule has 56 heavy (non-hydrogen) atoms. The maximum absolute atomic E-state index is 13.6. The van der Waals surface area contributed by atoms with Gasteiger partial charge in [0.15, 0.2) is 0 Å². The Balaban J connectivity index is 0.00000280. The molecule has 4 amide bonds. The van der Waals surface area contributed by atoms with Crippen molar-refractivity contribution in [2.24, 2.45) is 5.92 Å². The van der Waals surface area contributed by atoms with Crippen LogP contribution in [0, 0.1) is 5.92 Å². The molecular formula is C41H56N6O6S3. The van der Waals surface area contributed by atoms with E-state index in [9.17, 15) is 19.2 Å². The van der Waals surface area contributed by atoms with Gasteiger partial charge in [-0.2, -0.15) is 40.5 Å². The SMILES string of the molecule is COC(=O)N[C@H](C(=O)N1CCC[C@H]1c1ncc(-c2ccc3cc(-c4cccc(C(=O)NC[C@@H]5CCCN5C(=O)OC(C)(C)C)c4)ccc3c2)[nH]1)C(C)C.S.S.S. The van der Waals surface area contributed by atoms with Crippen LogP contribution in [-0.4, -0.2) is 88.2 Å². The Bertz CT molecular complexity index is 2000. The normalized spacial score (nSPS) is 17.0. The molecule has 3 atom stereocenters. The van der Waals surface area contributed by atoms with E-state index >= 15 is 0 Å². The fraction of sp³-hybridized carbons (Fsp3) is 0.439. The summed E-state index contributed by atoms with van der Waals surface area (Å²) in [5.74, 6) is 0.280. The van der Waals surface area contributed by atoms with Crippen LogP contribution in [0.3, 0.4) is 0 Å². The average Bonchev–Trinajstić information content (AvgIpc) is 3.92. The number of imidazole rings is 1. The van der Waals surface area contributed by atoms with Crippen molar-refractivity contribution in [2.45, 2.75) is 84.0 Å². The van der Waals surface area contributed by atoms with Crippen molar-refractivity contribution in [2.75, 3.05) is 26.7 Å². The predicted octanol–water partition coefficient (Wildman–Crippen LogP) is 7.41. The quantitative estimate of drug-likeness (QED) is 0.159. The number of hydrogen-bond acceptors (Lipinski definition) is 7. The Morgan fingerprint density at radius 3 is 2.20 bits per heavy atom. The number of ether oxygens (including phenoxy) is 2. The van der Waals surface area contributed by atoms with Crippen LogP contribution in [-0.2, 0) is 14.3 Å². The second-order valence-electron chi connectivity index (χ2n) is 15.3. The van der Waals surface area contributed by atoms with E-state index in [0.717, 1.165) is 64.7 Å². The number of aromatic nitrogens is 2. The van der Waals surface area contributed by atoms with Gasteiger partial charge in [0.25, 0.3) is 5.91 Å². The zero-order chi connectivity index (χ0) is 37.9. The number of nitrogens with one attached hydrogen (secondary N) is 3. The Kier molecular flexibility index (Phi) is 16.2. The third-order valence-electron chi connectivity index (χ3n) is 9.95. The predicted molar refractivity (Wildman–Crippen MR) is 234 cm³/mol. The number of fused-ring (bicyclic) bond motifs is 1. The zero-order valence-corrected chi connectivity index (χ0v) is 35.9. The van der Waals surface area contributed by atoms with E-state index in [0.29, 0.717) is 25.2 Å². The van der Waals surface area contributed by atoms with E-state index < -0.39 is 17.7 Å². The molecule has 12 nitrogen and oxygen atoms in total. The molecule has 2 fully saturated rings. The summed E-state index contributed by atoms with van der Waals surface area (Å²) in [5, 5.41) is 7.82. The van der Waals surface area contributed by atoms with Gasteiger partial charge in [0.2, 0.25) is 5.91 Å². The first-order chi connectivity index (χ1) is 25.3. The van der Waals surface area contributed by atoms with Gasteiger partial charge in [-0.25, -0.2) is 14.6 Å². The molecule has 4 aromatic rings. The molecule has 2 aliphatic heterocycles. The number of amides is 4. The molecule has 0 spiro atoms. The Morgan fingerprint density at radius 2 is 1.52 bits per heavy atom. The van der Waals surface area contributed by atoms with Gasteiger partial charge in [-0.1, -0.05) is 50.2 Å². The summed E-state index contributed by atoms with van der Waals surface area (Å²) in [6, 6.07) is 19.0. The van der Waals surface area contributed by atoms with Crippen LogP contribution < -0.4 is 10.6 Å². The van der Waals surface area contributed by atoms with Gasteiger partial charge in [0.1, 0.15) is 17.5 Å². The summed E-state index contributed by atoms with van der Waals surface area (Å²) in [7, 11) is 1.29. The maximum Gasteiger partial charge on any atom is 0.410 e. The summed E-state index contributed by atoms with van der Waals surface area (Å²) in [4.78, 5) is 63.1. The van der Waals surface area contributed by atoms with Gasteiger partial charge >= 0.3 is 12.2 Å². The van der Waals surface area contributed by atoms with Crippen LogP contribution in [0.4, 0.5) is 9.59 Å². The number of H-pyrrole nitrogens is 1. The molecule has 304 valence electrons. The zero-order valence-electron chi connectivity index (χ0n) is 32.9. The summed E-state index contributed by atoms with van der Waals surface area (Å²) < 4.78 is 10.3. The van der Waals surface area contributed by atoms with Gasteiger partial charge in [0, 0.05) is 30.8 Å². The molecule has 0 radical (unpaired) electrons. The van der Waals surface area contributed by atoms with E-state index in [1.807, 2.05) is 65.0 Å². The monoisotopic (exact) mass is 824 g/mol. The lowest BCUT2D eigenvalue weighted by Gasteiger charge is -2.30. The number of rotatable bonds is 9. The van der Waals surface area contributed by atoms with Crippen LogP contribution in [0.25, 0.3) is 33.2 Å². The lowest BCUT2D eigenvalue weighted by molar-refractivity contribution is -0.135. The lowest BCUT2D eigenvalue weighted by atomic mass is 9.98. The fourth-order valence-electron chi connectivity index (χ4n) is 7.20. The van der Waals surface area contributed by atoms with Crippen molar-refractivity contribution in [3.63, 3.8) is 0 Å². The van der Waals surface area contributed by atoms with Crippen molar-refractivity contribution in [1.29, 1.82) is 0 Å².